The van der Waals surface area contributed by atoms with Crippen molar-refractivity contribution >= 4 is 23.6 Å². The van der Waals surface area contributed by atoms with Crippen LogP contribution in [0.25, 0.3) is 0 Å². The number of hydrogen-bond acceptors (Lipinski definition) is 3. The molecule has 0 bridgehead atoms. The summed E-state index contributed by atoms with van der Waals surface area (Å²) in [5.74, 6) is 1.02. The molecule has 2 rings (SSSR count). The molecule has 0 fully saturated rings. The molecule has 1 atom stereocenters. The summed E-state index contributed by atoms with van der Waals surface area (Å²) in [6, 6.07) is 15.9. The van der Waals surface area contributed by atoms with Crippen LogP contribution in [0, 0.1) is 13.8 Å². The van der Waals surface area contributed by atoms with Gasteiger partial charge in [0.25, 0.3) is 0 Å². The van der Waals surface area contributed by atoms with Crippen LogP contribution in [0.3, 0.4) is 0 Å². The maximum Gasteiger partial charge on any atom is 0.242 e. The Morgan fingerprint density at radius 3 is 2.28 bits per heavy atom. The van der Waals surface area contributed by atoms with Crippen molar-refractivity contribution in [1.29, 1.82) is 0 Å². The highest BCUT2D eigenvalue weighted by atomic mass is 32.2. The van der Waals surface area contributed by atoms with Crippen LogP contribution in [-0.2, 0) is 21.9 Å². The minimum Gasteiger partial charge on any atom is -0.354 e. The largest absolute Gasteiger partial charge is 0.354 e. The number of hydrogen-bond donors (Lipinski definition) is 1. The molecule has 0 saturated carbocycles. The van der Waals surface area contributed by atoms with Crippen LogP contribution in [-0.4, -0.2) is 35.1 Å². The number of aryl methyl sites for hydroxylation is 2. The highest BCUT2D eigenvalue weighted by Crippen LogP contribution is 2.17. The third-order valence-corrected chi connectivity index (χ3v) is 5.72. The van der Waals surface area contributed by atoms with Crippen LogP contribution < -0.4 is 5.32 Å². The van der Waals surface area contributed by atoms with Crippen LogP contribution >= 0.6 is 11.8 Å². The highest BCUT2D eigenvalue weighted by molar-refractivity contribution is 7.99. The van der Waals surface area contributed by atoms with Crippen LogP contribution in [0.2, 0.25) is 0 Å². The first-order valence-electron chi connectivity index (χ1n) is 10.2. The van der Waals surface area contributed by atoms with Gasteiger partial charge in [-0.25, -0.2) is 0 Å². The molecule has 0 saturated heterocycles. The monoisotopic (exact) mass is 412 g/mol. The number of rotatable bonds is 10. The summed E-state index contributed by atoms with van der Waals surface area (Å²) >= 11 is 1.59. The maximum atomic E-state index is 13.0. The zero-order valence-corrected chi connectivity index (χ0v) is 18.7. The van der Waals surface area contributed by atoms with E-state index in [1.807, 2.05) is 45.0 Å². The second kappa shape index (κ2) is 11.7. The smallest absolute Gasteiger partial charge is 0.242 e. The first-order chi connectivity index (χ1) is 13.9. The van der Waals surface area contributed by atoms with E-state index in [0.717, 1.165) is 23.3 Å². The van der Waals surface area contributed by atoms with Gasteiger partial charge in [0.1, 0.15) is 6.04 Å². The summed E-state index contributed by atoms with van der Waals surface area (Å²) in [5, 5.41) is 2.91. The van der Waals surface area contributed by atoms with Crippen molar-refractivity contribution in [3.63, 3.8) is 0 Å². The van der Waals surface area contributed by atoms with Gasteiger partial charge in [0.2, 0.25) is 11.8 Å². The van der Waals surface area contributed by atoms with Gasteiger partial charge in [0.05, 0.1) is 5.75 Å². The third kappa shape index (κ3) is 7.58. The Bertz CT molecular complexity index is 822. The molecule has 0 aliphatic rings. The number of carbonyl (C=O) groups is 2. The van der Waals surface area contributed by atoms with Gasteiger partial charge in [0, 0.05) is 18.8 Å². The van der Waals surface area contributed by atoms with Gasteiger partial charge < -0.3 is 10.2 Å². The van der Waals surface area contributed by atoms with Crippen LogP contribution in [0.1, 0.15) is 42.5 Å². The number of amides is 2. The fourth-order valence-corrected chi connectivity index (χ4v) is 3.98. The van der Waals surface area contributed by atoms with Crippen molar-refractivity contribution in [2.75, 3.05) is 12.3 Å². The molecule has 0 aromatic heterocycles. The molecule has 29 heavy (non-hydrogen) atoms. The van der Waals surface area contributed by atoms with Gasteiger partial charge in [-0.05, 0) is 38.3 Å². The molecule has 2 aromatic carbocycles. The van der Waals surface area contributed by atoms with E-state index in [-0.39, 0.29) is 11.8 Å². The van der Waals surface area contributed by atoms with Crippen molar-refractivity contribution in [2.24, 2.45) is 0 Å². The van der Waals surface area contributed by atoms with E-state index < -0.39 is 6.04 Å². The number of nitrogens with zero attached hydrogens (tertiary/aromatic N) is 1. The standard InChI is InChI=1S/C24H32N2O2S/c1-5-12-25-24(28)20(4)26(15-21-10-6-8-18(2)13-21)23(27)17-29-16-22-11-7-9-19(3)14-22/h6-11,13-14,20H,5,12,15-17H2,1-4H3,(H,25,28)/t20-/m1/s1. The van der Waals surface area contributed by atoms with E-state index in [1.54, 1.807) is 16.7 Å². The molecule has 2 amide bonds. The zero-order valence-electron chi connectivity index (χ0n) is 17.9. The molecule has 4 nitrogen and oxygen atoms in total. The summed E-state index contributed by atoms with van der Waals surface area (Å²) in [7, 11) is 0. The Morgan fingerprint density at radius 2 is 1.66 bits per heavy atom. The Labute approximate surface area is 179 Å². The normalized spacial score (nSPS) is 11.7. The molecular formula is C24H32N2O2S. The highest BCUT2D eigenvalue weighted by Gasteiger charge is 2.25. The van der Waals surface area contributed by atoms with E-state index in [1.165, 1.54) is 11.1 Å². The molecule has 0 spiro atoms. The van der Waals surface area contributed by atoms with Crippen molar-refractivity contribution < 1.29 is 9.59 Å². The maximum absolute atomic E-state index is 13.0. The van der Waals surface area contributed by atoms with E-state index in [2.05, 4.69) is 36.5 Å². The van der Waals surface area contributed by atoms with Crippen molar-refractivity contribution in [3.8, 4) is 0 Å². The Kier molecular flexibility index (Phi) is 9.26. The lowest BCUT2D eigenvalue weighted by atomic mass is 10.1. The molecule has 0 unspecified atom stereocenters. The van der Waals surface area contributed by atoms with Gasteiger partial charge in [-0.15, -0.1) is 11.8 Å². The van der Waals surface area contributed by atoms with E-state index >= 15 is 0 Å². The lowest BCUT2D eigenvalue weighted by Gasteiger charge is -2.29. The SMILES string of the molecule is CCCNC(=O)[C@@H](C)N(Cc1cccc(C)c1)C(=O)CSCc1cccc(C)c1. The fraction of sp³-hybridized carbons (Fsp3) is 0.417. The summed E-state index contributed by atoms with van der Waals surface area (Å²) in [6.07, 6.45) is 0.872. The van der Waals surface area contributed by atoms with Gasteiger partial charge in [-0.3, -0.25) is 9.59 Å². The van der Waals surface area contributed by atoms with Crippen LogP contribution in [0.4, 0.5) is 0 Å². The van der Waals surface area contributed by atoms with E-state index in [4.69, 9.17) is 0 Å². The number of benzene rings is 2. The lowest BCUT2D eigenvalue weighted by molar-refractivity contribution is -0.138. The molecule has 156 valence electrons. The van der Waals surface area contributed by atoms with Crippen LogP contribution in [0.15, 0.2) is 48.5 Å². The van der Waals surface area contributed by atoms with Gasteiger partial charge in [0.15, 0.2) is 0 Å². The molecule has 2 aromatic rings. The average Bonchev–Trinajstić information content (AvgIpc) is 2.69. The van der Waals surface area contributed by atoms with E-state index in [9.17, 15) is 9.59 Å². The lowest BCUT2D eigenvalue weighted by Crippen LogP contribution is -2.48. The molecule has 5 heteroatoms. The van der Waals surface area contributed by atoms with Crippen LogP contribution in [0.5, 0.6) is 0 Å². The predicted octanol–water partition coefficient (Wildman–Crippen LogP) is 4.48. The molecular weight excluding hydrogens is 380 g/mol. The number of thioether (sulfide) groups is 1. The molecule has 0 aliphatic heterocycles. The third-order valence-electron chi connectivity index (χ3n) is 4.73. The topological polar surface area (TPSA) is 49.4 Å². The zero-order chi connectivity index (χ0) is 21.2. The molecule has 0 radical (unpaired) electrons. The second-order valence-electron chi connectivity index (χ2n) is 7.46. The molecule has 0 heterocycles. The summed E-state index contributed by atoms with van der Waals surface area (Å²) in [4.78, 5) is 27.3. The Balaban J connectivity index is 2.05. The quantitative estimate of drug-likeness (QED) is 0.626. The van der Waals surface area contributed by atoms with Crippen molar-refractivity contribution in [3.05, 3.63) is 70.8 Å². The predicted molar refractivity (Wildman–Crippen MR) is 122 cm³/mol. The summed E-state index contributed by atoms with van der Waals surface area (Å²) < 4.78 is 0. The molecule has 1 N–H and O–H groups in total. The first kappa shape index (κ1) is 23.0. The van der Waals surface area contributed by atoms with Crippen molar-refractivity contribution in [1.82, 2.24) is 10.2 Å². The van der Waals surface area contributed by atoms with Gasteiger partial charge in [-0.2, -0.15) is 0 Å². The van der Waals surface area contributed by atoms with Crippen molar-refractivity contribution in [2.45, 2.75) is 52.5 Å². The fourth-order valence-electron chi connectivity index (χ4n) is 3.13. The average molecular weight is 413 g/mol. The van der Waals surface area contributed by atoms with Gasteiger partial charge in [-0.1, -0.05) is 66.6 Å². The number of carbonyl (C=O) groups excluding carboxylic acids is 2. The second-order valence-corrected chi connectivity index (χ2v) is 8.45. The minimum atomic E-state index is -0.505. The molecule has 0 aliphatic carbocycles. The summed E-state index contributed by atoms with van der Waals surface area (Å²) in [6.45, 7) is 8.99. The first-order valence-corrected chi connectivity index (χ1v) is 11.3. The number of nitrogens with one attached hydrogen (secondary N) is 1. The summed E-state index contributed by atoms with van der Waals surface area (Å²) in [5.41, 5.74) is 4.61. The minimum absolute atomic E-state index is 0.0108. The Hall–Kier alpha value is -2.27. The van der Waals surface area contributed by atoms with E-state index in [0.29, 0.717) is 18.8 Å². The Morgan fingerprint density at radius 1 is 1.03 bits per heavy atom. The van der Waals surface area contributed by atoms with Gasteiger partial charge >= 0.3 is 0 Å².